The van der Waals surface area contributed by atoms with Gasteiger partial charge in [-0.05, 0) is 43.9 Å². The summed E-state index contributed by atoms with van der Waals surface area (Å²) in [6.07, 6.45) is 1.72. The van der Waals surface area contributed by atoms with Gasteiger partial charge in [0.25, 0.3) is 0 Å². The van der Waals surface area contributed by atoms with Gasteiger partial charge in [0, 0.05) is 11.8 Å². The van der Waals surface area contributed by atoms with Crippen molar-refractivity contribution in [2.24, 2.45) is 4.99 Å². The van der Waals surface area contributed by atoms with Crippen molar-refractivity contribution in [1.82, 2.24) is 4.90 Å². The molecule has 2 aromatic rings. The first kappa shape index (κ1) is 16.0. The highest BCUT2D eigenvalue weighted by Crippen LogP contribution is 2.22. The molecule has 0 saturated carbocycles. The highest BCUT2D eigenvalue weighted by Gasteiger charge is 2.13. The van der Waals surface area contributed by atoms with Crippen LogP contribution < -0.4 is 4.74 Å². The fourth-order valence-corrected chi connectivity index (χ4v) is 2.24. The molecule has 0 aliphatic heterocycles. The number of aliphatic imine (C=N–C) groups is 1. The van der Waals surface area contributed by atoms with Crippen LogP contribution in [0.3, 0.4) is 0 Å². The minimum atomic E-state index is 0.174. The van der Waals surface area contributed by atoms with Crippen LogP contribution in [0.4, 0.5) is 0 Å². The molecule has 1 atom stereocenters. The number of phenols is 1. The summed E-state index contributed by atoms with van der Waals surface area (Å²) in [5.74, 6) is 1.09. The minimum absolute atomic E-state index is 0.174. The quantitative estimate of drug-likeness (QED) is 0.833. The van der Waals surface area contributed by atoms with E-state index in [0.717, 1.165) is 11.3 Å². The Morgan fingerprint density at radius 1 is 1.14 bits per heavy atom. The maximum Gasteiger partial charge on any atom is 0.124 e. The van der Waals surface area contributed by atoms with E-state index in [4.69, 9.17) is 4.74 Å². The molecule has 0 bridgehead atoms. The van der Waals surface area contributed by atoms with Crippen molar-refractivity contribution in [3.8, 4) is 11.5 Å². The Kier molecular flexibility index (Phi) is 5.55. The zero-order chi connectivity index (χ0) is 15.9. The fourth-order valence-electron chi connectivity index (χ4n) is 2.24. The zero-order valence-corrected chi connectivity index (χ0v) is 13.2. The summed E-state index contributed by atoms with van der Waals surface area (Å²) in [4.78, 5) is 6.61. The van der Waals surface area contributed by atoms with Crippen molar-refractivity contribution >= 4 is 6.21 Å². The molecular formula is C18H22N2O2. The number of benzene rings is 2. The van der Waals surface area contributed by atoms with Crippen molar-refractivity contribution in [2.75, 3.05) is 27.7 Å². The van der Waals surface area contributed by atoms with Crippen molar-refractivity contribution < 1.29 is 9.84 Å². The smallest absolute Gasteiger partial charge is 0.124 e. The summed E-state index contributed by atoms with van der Waals surface area (Å²) in [7, 11) is 5.73. The Balaban J connectivity index is 2.10. The fraction of sp³-hybridized carbons (Fsp3) is 0.278. The van der Waals surface area contributed by atoms with Gasteiger partial charge in [-0.25, -0.2) is 0 Å². The molecule has 0 saturated heterocycles. The second-order valence-corrected chi connectivity index (χ2v) is 5.31. The van der Waals surface area contributed by atoms with Gasteiger partial charge in [0.2, 0.25) is 0 Å². The van der Waals surface area contributed by atoms with Crippen molar-refractivity contribution in [1.29, 1.82) is 0 Å². The molecule has 22 heavy (non-hydrogen) atoms. The predicted molar refractivity (Wildman–Crippen MR) is 90.0 cm³/mol. The number of para-hydroxylation sites is 1. The first-order valence-corrected chi connectivity index (χ1v) is 7.20. The average molecular weight is 298 g/mol. The highest BCUT2D eigenvalue weighted by molar-refractivity contribution is 5.83. The van der Waals surface area contributed by atoms with Gasteiger partial charge < -0.3 is 14.7 Å². The van der Waals surface area contributed by atoms with Gasteiger partial charge in [0.1, 0.15) is 11.5 Å². The van der Waals surface area contributed by atoms with Crippen molar-refractivity contribution in [3.05, 3.63) is 59.7 Å². The molecule has 4 heteroatoms. The van der Waals surface area contributed by atoms with Crippen LogP contribution in [-0.4, -0.2) is 44.0 Å². The Morgan fingerprint density at radius 3 is 2.41 bits per heavy atom. The first-order valence-electron chi connectivity index (χ1n) is 7.20. The second kappa shape index (κ2) is 7.61. The topological polar surface area (TPSA) is 45.1 Å². The lowest BCUT2D eigenvalue weighted by Crippen LogP contribution is -2.22. The molecule has 0 aliphatic carbocycles. The molecule has 1 N–H and O–H groups in total. The van der Waals surface area contributed by atoms with Gasteiger partial charge in [0.05, 0.1) is 19.7 Å². The molecular weight excluding hydrogens is 276 g/mol. The van der Waals surface area contributed by atoms with E-state index < -0.39 is 0 Å². The molecule has 0 heterocycles. The number of nitrogens with zero attached hydrogens (tertiary/aromatic N) is 2. The lowest BCUT2D eigenvalue weighted by molar-refractivity contribution is 0.306. The summed E-state index contributed by atoms with van der Waals surface area (Å²) in [6, 6.07) is 15.4. The van der Waals surface area contributed by atoms with Gasteiger partial charge in [-0.1, -0.05) is 24.3 Å². The van der Waals surface area contributed by atoms with E-state index in [9.17, 15) is 5.11 Å². The van der Waals surface area contributed by atoms with Crippen LogP contribution >= 0.6 is 0 Å². The van der Waals surface area contributed by atoms with Crippen LogP contribution in [0.5, 0.6) is 11.5 Å². The van der Waals surface area contributed by atoms with Crippen LogP contribution in [-0.2, 0) is 0 Å². The van der Waals surface area contributed by atoms with E-state index in [1.165, 1.54) is 5.56 Å². The first-order chi connectivity index (χ1) is 10.6. The normalized spacial score (nSPS) is 12.7. The lowest BCUT2D eigenvalue weighted by atomic mass is 10.1. The molecule has 0 unspecified atom stereocenters. The molecule has 0 aromatic heterocycles. The maximum atomic E-state index is 9.74. The van der Waals surface area contributed by atoms with Crippen LogP contribution in [0.1, 0.15) is 17.2 Å². The second-order valence-electron chi connectivity index (χ2n) is 5.31. The summed E-state index contributed by atoms with van der Waals surface area (Å²) in [5, 5.41) is 9.74. The predicted octanol–water partition coefficient (Wildman–Crippen LogP) is 3.12. The number of hydrogen-bond acceptors (Lipinski definition) is 4. The molecule has 0 aliphatic rings. The molecule has 0 spiro atoms. The van der Waals surface area contributed by atoms with E-state index in [1.54, 1.807) is 25.5 Å². The molecule has 2 rings (SSSR count). The number of aromatic hydroxyl groups is 1. The van der Waals surface area contributed by atoms with Gasteiger partial charge in [-0.15, -0.1) is 0 Å². The van der Waals surface area contributed by atoms with Crippen molar-refractivity contribution in [3.63, 3.8) is 0 Å². The average Bonchev–Trinajstić information content (AvgIpc) is 2.53. The third-order valence-corrected chi connectivity index (χ3v) is 3.57. The minimum Gasteiger partial charge on any atom is -0.507 e. The van der Waals surface area contributed by atoms with Crippen LogP contribution in [0.15, 0.2) is 53.5 Å². The Morgan fingerprint density at radius 2 is 1.82 bits per heavy atom. The highest BCUT2D eigenvalue weighted by atomic mass is 16.5. The van der Waals surface area contributed by atoms with E-state index in [0.29, 0.717) is 6.54 Å². The van der Waals surface area contributed by atoms with E-state index >= 15 is 0 Å². The monoisotopic (exact) mass is 298 g/mol. The lowest BCUT2D eigenvalue weighted by Gasteiger charge is -2.23. The zero-order valence-electron chi connectivity index (χ0n) is 13.2. The third kappa shape index (κ3) is 4.09. The standard InChI is InChI=1S/C18H22N2O2/c1-20(2)17(14-8-10-16(22-3)11-9-14)13-19-12-15-6-4-5-7-18(15)21/h4-12,17,21H,13H2,1-3H3/t17-/m1/s1. The summed E-state index contributed by atoms with van der Waals surface area (Å²) in [6.45, 7) is 0.619. The Labute approximate surface area is 131 Å². The van der Waals surface area contributed by atoms with Crippen LogP contribution in [0.2, 0.25) is 0 Å². The molecule has 116 valence electrons. The number of likely N-dealkylation sites (N-methyl/N-ethyl adjacent to an activating group) is 1. The maximum absolute atomic E-state index is 9.74. The number of rotatable bonds is 6. The largest absolute Gasteiger partial charge is 0.507 e. The molecule has 4 nitrogen and oxygen atoms in total. The molecule has 0 amide bonds. The summed E-state index contributed by atoms with van der Waals surface area (Å²) >= 11 is 0. The van der Waals surface area contributed by atoms with E-state index in [2.05, 4.69) is 22.0 Å². The number of methoxy groups -OCH3 is 1. The number of ether oxygens (including phenoxy) is 1. The summed E-state index contributed by atoms with van der Waals surface area (Å²) < 4.78 is 5.19. The number of hydrogen-bond donors (Lipinski definition) is 1. The molecule has 0 radical (unpaired) electrons. The van der Waals surface area contributed by atoms with E-state index in [-0.39, 0.29) is 11.8 Å². The van der Waals surface area contributed by atoms with Gasteiger partial charge in [-0.2, -0.15) is 0 Å². The van der Waals surface area contributed by atoms with Crippen LogP contribution in [0, 0.1) is 0 Å². The third-order valence-electron chi connectivity index (χ3n) is 3.57. The van der Waals surface area contributed by atoms with Gasteiger partial charge in [-0.3, -0.25) is 4.99 Å². The summed E-state index contributed by atoms with van der Waals surface area (Å²) in [5.41, 5.74) is 1.91. The van der Waals surface area contributed by atoms with Gasteiger partial charge in [0.15, 0.2) is 0 Å². The van der Waals surface area contributed by atoms with E-state index in [1.807, 2.05) is 38.4 Å². The molecule has 0 fully saturated rings. The Hall–Kier alpha value is -2.33. The number of phenolic OH excluding ortho intramolecular Hbond substituents is 1. The van der Waals surface area contributed by atoms with Crippen LogP contribution in [0.25, 0.3) is 0 Å². The van der Waals surface area contributed by atoms with Gasteiger partial charge >= 0.3 is 0 Å². The SMILES string of the molecule is COc1ccc([C@@H](CN=Cc2ccccc2O)N(C)C)cc1. The van der Waals surface area contributed by atoms with Crippen molar-refractivity contribution in [2.45, 2.75) is 6.04 Å². The molecule has 2 aromatic carbocycles. The Bertz CT molecular complexity index is 621.